The normalized spacial score (nSPS) is 23.9. The topological polar surface area (TPSA) is 140 Å². The van der Waals surface area contributed by atoms with Crippen molar-refractivity contribution in [3.05, 3.63) is 83.9 Å². The Morgan fingerprint density at radius 3 is 1.75 bits per heavy atom. The minimum atomic E-state index is -0.546. The quantitative estimate of drug-likeness (QED) is 0.181. The number of carbonyl (C=O) groups is 4. The van der Waals surface area contributed by atoms with Gasteiger partial charge in [-0.15, -0.1) is 0 Å². The van der Waals surface area contributed by atoms with Crippen LogP contribution < -0.4 is 31.5 Å². The molecule has 3 aromatic rings. The lowest BCUT2D eigenvalue weighted by Crippen LogP contribution is -2.51. The zero-order valence-electron chi connectivity index (χ0n) is 30.8. The number of nitrogens with one attached hydrogen (secondary N) is 3. The molecule has 52 heavy (non-hydrogen) atoms. The lowest BCUT2D eigenvalue weighted by molar-refractivity contribution is -0.119. The molecule has 6 rings (SSSR count). The number of hydrogen-bond acceptors (Lipinski definition) is 6. The van der Waals surface area contributed by atoms with Gasteiger partial charge in [0.25, 0.3) is 0 Å². The van der Waals surface area contributed by atoms with Crippen molar-refractivity contribution in [1.82, 2.24) is 10.2 Å². The molecule has 1 fully saturated rings. The van der Waals surface area contributed by atoms with Crippen LogP contribution in [0.5, 0.6) is 0 Å². The van der Waals surface area contributed by atoms with Crippen molar-refractivity contribution in [2.45, 2.75) is 115 Å². The van der Waals surface area contributed by atoms with Crippen LogP contribution in [0.2, 0.25) is 0 Å². The Morgan fingerprint density at radius 2 is 1.21 bits per heavy atom. The summed E-state index contributed by atoms with van der Waals surface area (Å²) in [6.07, 6.45) is 5.72. The van der Waals surface area contributed by atoms with E-state index in [2.05, 4.69) is 41.9 Å². The molecule has 0 saturated heterocycles. The predicted molar refractivity (Wildman–Crippen MR) is 206 cm³/mol. The Bertz CT molecular complexity index is 1760. The average molecular weight is 708 g/mol. The Labute approximate surface area is 307 Å². The lowest BCUT2D eigenvalue weighted by atomic mass is 9.86. The van der Waals surface area contributed by atoms with Crippen LogP contribution >= 0.6 is 0 Å². The monoisotopic (exact) mass is 707 g/mol. The number of para-hydroxylation sites is 2. The third-order valence-corrected chi connectivity index (χ3v) is 11.0. The SMILES string of the molecule is CCC(=O)N1c2ccccc2[C@H](Nc2ccc(NC(=O)N(CC(N)=O)C3CCC(N[C@@H]4C[C@H](C)N(C(=O)CC)c5ccccc54)CC3)cc2)C[C@@H]1C. The maximum absolute atomic E-state index is 13.6. The van der Waals surface area contributed by atoms with Crippen molar-refractivity contribution in [2.24, 2.45) is 5.73 Å². The molecule has 11 heteroatoms. The summed E-state index contributed by atoms with van der Waals surface area (Å²) in [6.45, 7) is 7.84. The second-order valence-corrected chi connectivity index (χ2v) is 14.5. The number of nitrogens with zero attached hydrogens (tertiary/aromatic N) is 3. The van der Waals surface area contributed by atoms with Crippen molar-refractivity contribution in [2.75, 3.05) is 27.0 Å². The van der Waals surface area contributed by atoms with Gasteiger partial charge in [-0.05, 0) is 99.9 Å². The number of fused-ring (bicyclic) bond motifs is 2. The van der Waals surface area contributed by atoms with Crippen LogP contribution in [0.1, 0.15) is 102 Å². The van der Waals surface area contributed by atoms with E-state index < -0.39 is 5.91 Å². The molecular weight excluding hydrogens is 654 g/mol. The Morgan fingerprint density at radius 1 is 0.712 bits per heavy atom. The van der Waals surface area contributed by atoms with E-state index in [1.807, 2.05) is 84.3 Å². The fourth-order valence-electron chi connectivity index (χ4n) is 8.44. The molecule has 5 amide bonds. The molecule has 5 N–H and O–H groups in total. The molecule has 4 atom stereocenters. The molecule has 2 heterocycles. The van der Waals surface area contributed by atoms with Crippen molar-refractivity contribution in [1.29, 1.82) is 0 Å². The fourth-order valence-corrected chi connectivity index (χ4v) is 8.44. The van der Waals surface area contributed by atoms with Crippen LogP contribution in [0.3, 0.4) is 0 Å². The number of amides is 5. The second-order valence-electron chi connectivity index (χ2n) is 14.5. The van der Waals surface area contributed by atoms with Gasteiger partial charge >= 0.3 is 6.03 Å². The van der Waals surface area contributed by atoms with Crippen LogP contribution in [0.4, 0.5) is 27.5 Å². The van der Waals surface area contributed by atoms with E-state index in [9.17, 15) is 19.2 Å². The number of nitrogens with two attached hydrogens (primary N) is 1. The minimum absolute atomic E-state index is 0.0273. The van der Waals surface area contributed by atoms with Gasteiger partial charge in [0.05, 0.1) is 6.04 Å². The van der Waals surface area contributed by atoms with Gasteiger partial charge < -0.3 is 36.4 Å². The molecule has 2 aliphatic heterocycles. The zero-order chi connectivity index (χ0) is 36.9. The summed E-state index contributed by atoms with van der Waals surface area (Å²) in [7, 11) is 0. The molecule has 11 nitrogen and oxygen atoms in total. The smallest absolute Gasteiger partial charge is 0.322 e. The van der Waals surface area contributed by atoms with Crippen molar-refractivity contribution >= 4 is 46.5 Å². The summed E-state index contributed by atoms with van der Waals surface area (Å²) in [4.78, 5) is 56.7. The van der Waals surface area contributed by atoms with Crippen LogP contribution in [0.25, 0.3) is 0 Å². The van der Waals surface area contributed by atoms with E-state index in [1.54, 1.807) is 4.90 Å². The number of hydrogen-bond donors (Lipinski definition) is 4. The average Bonchev–Trinajstić information content (AvgIpc) is 3.14. The van der Waals surface area contributed by atoms with Crippen molar-refractivity contribution < 1.29 is 19.2 Å². The van der Waals surface area contributed by atoms with Crippen LogP contribution in [0, 0.1) is 0 Å². The summed E-state index contributed by atoms with van der Waals surface area (Å²) in [5.74, 6) is -0.291. The minimum Gasteiger partial charge on any atom is -0.378 e. The fraction of sp³-hybridized carbons (Fsp3) is 0.463. The zero-order valence-corrected chi connectivity index (χ0v) is 30.8. The predicted octanol–water partition coefficient (Wildman–Crippen LogP) is 6.87. The summed E-state index contributed by atoms with van der Waals surface area (Å²) in [5.41, 5.74) is 11.3. The molecule has 1 saturated carbocycles. The largest absolute Gasteiger partial charge is 0.378 e. The van der Waals surface area contributed by atoms with Gasteiger partial charge in [-0.3, -0.25) is 14.4 Å². The number of carbonyl (C=O) groups excluding carboxylic acids is 4. The molecule has 0 radical (unpaired) electrons. The maximum atomic E-state index is 13.6. The van der Waals surface area contributed by atoms with Gasteiger partial charge in [-0.2, -0.15) is 0 Å². The summed E-state index contributed by atoms with van der Waals surface area (Å²) in [6, 6.07) is 23.9. The Hall–Kier alpha value is -4.90. The van der Waals surface area contributed by atoms with Gasteiger partial charge in [0.15, 0.2) is 0 Å². The maximum Gasteiger partial charge on any atom is 0.322 e. The summed E-state index contributed by atoms with van der Waals surface area (Å²) < 4.78 is 0. The first-order valence-electron chi connectivity index (χ1n) is 18.9. The highest BCUT2D eigenvalue weighted by Gasteiger charge is 2.36. The second kappa shape index (κ2) is 16.2. The molecule has 3 aliphatic rings. The van der Waals surface area contributed by atoms with Crippen LogP contribution in [-0.2, 0) is 14.4 Å². The highest BCUT2D eigenvalue weighted by molar-refractivity contribution is 5.96. The Balaban J connectivity index is 1.06. The molecule has 0 aromatic heterocycles. The van der Waals surface area contributed by atoms with Gasteiger partial charge in [-0.25, -0.2) is 4.79 Å². The highest BCUT2D eigenvalue weighted by Crippen LogP contribution is 2.40. The van der Waals surface area contributed by atoms with Gasteiger partial charge in [0.1, 0.15) is 6.54 Å². The first kappa shape index (κ1) is 36.9. The first-order chi connectivity index (χ1) is 25.1. The number of rotatable bonds is 10. The third-order valence-electron chi connectivity index (χ3n) is 11.0. The van der Waals surface area contributed by atoms with E-state index in [4.69, 9.17) is 5.73 Å². The highest BCUT2D eigenvalue weighted by atomic mass is 16.2. The number of urea groups is 1. The van der Waals surface area contributed by atoms with Gasteiger partial charge in [0, 0.05) is 65.8 Å². The molecule has 0 spiro atoms. The molecular formula is C41H53N7O4. The van der Waals surface area contributed by atoms with Gasteiger partial charge in [-0.1, -0.05) is 50.2 Å². The van der Waals surface area contributed by atoms with E-state index in [1.165, 1.54) is 0 Å². The number of anilines is 4. The van der Waals surface area contributed by atoms with E-state index in [-0.39, 0.29) is 60.6 Å². The van der Waals surface area contributed by atoms with E-state index >= 15 is 0 Å². The number of benzene rings is 3. The first-order valence-corrected chi connectivity index (χ1v) is 18.9. The Kier molecular flexibility index (Phi) is 11.5. The summed E-state index contributed by atoms with van der Waals surface area (Å²) in [5, 5.41) is 10.5. The third kappa shape index (κ3) is 7.94. The van der Waals surface area contributed by atoms with E-state index in [0.717, 1.165) is 66.7 Å². The summed E-state index contributed by atoms with van der Waals surface area (Å²) >= 11 is 0. The molecule has 0 bridgehead atoms. The molecule has 0 unspecified atom stereocenters. The van der Waals surface area contributed by atoms with Crippen LogP contribution in [0.15, 0.2) is 72.8 Å². The number of primary amides is 1. The molecule has 1 aliphatic carbocycles. The van der Waals surface area contributed by atoms with Crippen molar-refractivity contribution in [3.63, 3.8) is 0 Å². The lowest BCUT2D eigenvalue weighted by Gasteiger charge is -2.42. The molecule has 276 valence electrons. The standard InChI is InChI=1S/C41H53N7O4/c1-5-39(50)47-26(3)23-34(32-11-7-9-13-36(32)47)43-28-15-17-30(18-16-28)45-41(52)46(25-38(42)49)31-21-19-29(20-22-31)44-35-24-27(4)48(40(51)6-2)37-14-10-8-12-33(35)37/h7-18,26-27,29,31,34-35,43-44H,5-6,19-25H2,1-4H3,(H2,42,49)(H,45,52)/t26-,27-,29?,31?,34+,35+/m0/s1. The van der Waals surface area contributed by atoms with E-state index in [0.29, 0.717) is 18.5 Å². The van der Waals surface area contributed by atoms with Crippen molar-refractivity contribution in [3.8, 4) is 0 Å². The molecule has 3 aromatic carbocycles. The van der Waals surface area contributed by atoms with Crippen LogP contribution in [-0.4, -0.2) is 59.4 Å². The van der Waals surface area contributed by atoms with Gasteiger partial charge in [0.2, 0.25) is 17.7 Å².